The molecule has 17 heteroatoms. The number of pyridine rings is 1. The van der Waals surface area contributed by atoms with E-state index in [2.05, 4.69) is 55.8 Å². The summed E-state index contributed by atoms with van der Waals surface area (Å²) in [6.45, 7) is 11.0. The highest BCUT2D eigenvalue weighted by atomic mass is 35.5. The number of amides is 1. The number of nitro benzene ring substituents is 1. The quantitative estimate of drug-likeness (QED) is 0.0502. The second kappa shape index (κ2) is 18.1. The molecule has 4 N–H and O–H groups in total. The van der Waals surface area contributed by atoms with Crippen molar-refractivity contribution in [1.29, 1.82) is 0 Å². The fourth-order valence-electron chi connectivity index (χ4n) is 8.95. The second-order valence-corrected chi connectivity index (χ2v) is 24.4. The number of nitrogens with one attached hydrogen (secondary N) is 3. The van der Waals surface area contributed by atoms with Crippen molar-refractivity contribution in [2.45, 2.75) is 69.5 Å². The fraction of sp³-hybridized carbons (Fsp3) is 0.391. The van der Waals surface area contributed by atoms with Gasteiger partial charge in [0.2, 0.25) is 0 Å². The van der Waals surface area contributed by atoms with Crippen LogP contribution < -0.4 is 19.7 Å². The minimum atomic E-state index is -4.57. The SMILES string of the molecule is CC1(C)CCC(CN2CCN(c3ccc(C(=O)NS(=O)(=O)c4ccc(NCC5CC[Si](C)(O)CC5)c([N+](=O)[O-])c4)c(Oc4cnc5[nH]ccc5c4)c3)CC2)=C(c2ccc(Cl)cc2)C1. The van der Waals surface area contributed by atoms with Gasteiger partial charge in [-0.2, -0.15) is 0 Å². The van der Waals surface area contributed by atoms with Crippen molar-refractivity contribution in [2.24, 2.45) is 11.3 Å². The van der Waals surface area contributed by atoms with Crippen molar-refractivity contribution >= 4 is 69.5 Å². The van der Waals surface area contributed by atoms with Crippen LogP contribution in [0.15, 0.2) is 95.7 Å². The topological polar surface area (TPSA) is 183 Å². The number of ether oxygens (including phenoxy) is 1. The summed E-state index contributed by atoms with van der Waals surface area (Å²) in [6.07, 6.45) is 8.12. The number of fused-ring (bicyclic) bond motifs is 1. The highest BCUT2D eigenvalue weighted by molar-refractivity contribution is 7.90. The number of halogens is 1. The number of nitro groups is 1. The van der Waals surface area contributed by atoms with Gasteiger partial charge in [-0.15, -0.1) is 0 Å². The second-order valence-electron chi connectivity index (χ2n) is 18.3. The number of hydrogen-bond donors (Lipinski definition) is 4. The maximum atomic E-state index is 13.9. The molecule has 2 aliphatic heterocycles. The Morgan fingerprint density at radius 3 is 2.52 bits per heavy atom. The standard InChI is InChI=1S/C46H54ClN7O7SSi/c1-46(2)16-12-34(40(27-46)32-4-6-35(47)7-5-32)30-52-18-20-53(21-19-52)36-8-10-39(43(25-36)61-37-24-33-13-17-48-44(33)50-29-37)45(55)51-62(58,59)38-9-11-41(42(26-38)54(56)57)49-28-31-14-22-63(3,60)23-15-31/h4-11,13,17,24-26,29,31,49,60H,12,14-16,18-23,27-28,30H2,1-3H3,(H,48,50)(H,51,55). The van der Waals surface area contributed by atoms with Gasteiger partial charge in [0.15, 0.2) is 8.32 Å². The average Bonchev–Trinajstić information content (AvgIpc) is 3.72. The van der Waals surface area contributed by atoms with Crippen LogP contribution in [-0.2, 0) is 10.0 Å². The number of sulfonamides is 1. The summed E-state index contributed by atoms with van der Waals surface area (Å²) in [4.78, 5) is 47.6. The monoisotopic (exact) mass is 911 g/mol. The number of H-pyrrole nitrogens is 1. The Kier molecular flexibility index (Phi) is 12.7. The zero-order chi connectivity index (χ0) is 44.5. The number of carbonyl (C=O) groups is 1. The number of rotatable bonds is 13. The molecule has 5 aromatic rings. The van der Waals surface area contributed by atoms with Crippen LogP contribution in [0.4, 0.5) is 17.1 Å². The molecule has 2 fully saturated rings. The first-order valence-corrected chi connectivity index (χ1v) is 26.2. The number of carbonyl (C=O) groups excluding carboxylic acids is 1. The lowest BCUT2D eigenvalue weighted by Crippen LogP contribution is -2.47. The first-order valence-electron chi connectivity index (χ1n) is 21.5. The smallest absolute Gasteiger partial charge is 0.293 e. The van der Waals surface area contributed by atoms with Crippen molar-refractivity contribution in [3.05, 3.63) is 117 Å². The van der Waals surface area contributed by atoms with Crippen LogP contribution in [0.25, 0.3) is 16.6 Å². The van der Waals surface area contributed by atoms with Gasteiger partial charge in [0.1, 0.15) is 22.8 Å². The number of benzene rings is 3. The Balaban J connectivity index is 0.993. The summed E-state index contributed by atoms with van der Waals surface area (Å²) in [5.41, 5.74) is 5.50. The predicted molar refractivity (Wildman–Crippen MR) is 250 cm³/mol. The molecule has 2 aromatic heterocycles. The first-order chi connectivity index (χ1) is 30.0. The minimum Gasteiger partial charge on any atom is -0.455 e. The van der Waals surface area contributed by atoms with E-state index in [1.54, 1.807) is 30.5 Å². The Labute approximate surface area is 374 Å². The summed E-state index contributed by atoms with van der Waals surface area (Å²) in [7, 11) is -6.73. The van der Waals surface area contributed by atoms with Crippen molar-refractivity contribution in [3.8, 4) is 11.5 Å². The van der Waals surface area contributed by atoms with Crippen LogP contribution in [-0.4, -0.2) is 86.5 Å². The lowest BCUT2D eigenvalue weighted by atomic mass is 9.72. The highest BCUT2D eigenvalue weighted by Gasteiger charge is 2.33. The Morgan fingerprint density at radius 2 is 1.79 bits per heavy atom. The van der Waals surface area contributed by atoms with E-state index < -0.39 is 39.8 Å². The molecule has 14 nitrogen and oxygen atoms in total. The van der Waals surface area contributed by atoms with Crippen LogP contribution >= 0.6 is 11.6 Å². The van der Waals surface area contributed by atoms with Gasteiger partial charge in [-0.05, 0) is 122 Å². The maximum absolute atomic E-state index is 13.9. The van der Waals surface area contributed by atoms with E-state index in [9.17, 15) is 28.1 Å². The van der Waals surface area contributed by atoms with Crippen LogP contribution in [0.5, 0.6) is 11.5 Å². The van der Waals surface area contributed by atoms with Crippen LogP contribution in [0.2, 0.25) is 23.7 Å². The largest absolute Gasteiger partial charge is 0.455 e. The molecule has 2 saturated heterocycles. The summed E-state index contributed by atoms with van der Waals surface area (Å²) < 4.78 is 35.9. The number of anilines is 2. The zero-order valence-electron chi connectivity index (χ0n) is 35.8. The number of hydrogen-bond acceptors (Lipinski definition) is 11. The third-order valence-corrected chi connectivity index (χ3v) is 17.1. The third kappa shape index (κ3) is 10.6. The summed E-state index contributed by atoms with van der Waals surface area (Å²) in [5.74, 6) is -0.251. The molecule has 4 heterocycles. The lowest BCUT2D eigenvalue weighted by Gasteiger charge is -2.39. The van der Waals surface area contributed by atoms with Crippen LogP contribution in [0.3, 0.4) is 0 Å². The van der Waals surface area contributed by atoms with E-state index >= 15 is 0 Å². The number of allylic oxidation sites excluding steroid dienone is 1. The average molecular weight is 913 g/mol. The molecule has 3 aliphatic rings. The molecule has 0 saturated carbocycles. The van der Waals surface area contributed by atoms with Crippen molar-refractivity contribution < 1.29 is 27.7 Å². The molecule has 63 heavy (non-hydrogen) atoms. The first kappa shape index (κ1) is 44.3. The van der Waals surface area contributed by atoms with Gasteiger partial charge in [0.25, 0.3) is 21.6 Å². The molecule has 0 atom stereocenters. The summed E-state index contributed by atoms with van der Waals surface area (Å²) in [6, 6.07) is 21.9. The van der Waals surface area contributed by atoms with Gasteiger partial charge >= 0.3 is 0 Å². The normalized spacial score (nSPS) is 20.7. The van der Waals surface area contributed by atoms with Gasteiger partial charge in [-0.1, -0.05) is 43.2 Å². The summed E-state index contributed by atoms with van der Waals surface area (Å²) in [5, 5.41) is 16.8. The Hall–Kier alpha value is -5.26. The molecule has 3 aromatic carbocycles. The van der Waals surface area contributed by atoms with E-state index in [0.717, 1.165) is 99.1 Å². The van der Waals surface area contributed by atoms with Gasteiger partial charge < -0.3 is 24.7 Å². The van der Waals surface area contributed by atoms with Crippen molar-refractivity contribution in [1.82, 2.24) is 19.6 Å². The number of aromatic amines is 1. The van der Waals surface area contributed by atoms with E-state index in [1.807, 2.05) is 24.7 Å². The zero-order valence-corrected chi connectivity index (χ0v) is 38.4. The number of aromatic nitrogens is 2. The molecule has 8 rings (SSSR count). The molecule has 1 amide bonds. The highest BCUT2D eigenvalue weighted by Crippen LogP contribution is 2.44. The van der Waals surface area contributed by atoms with E-state index in [0.29, 0.717) is 17.9 Å². The molecule has 0 bridgehead atoms. The molecular formula is C46H54ClN7O7SSi. The number of piperazine rings is 1. The van der Waals surface area contributed by atoms with Gasteiger partial charge in [0.05, 0.1) is 21.6 Å². The van der Waals surface area contributed by atoms with Crippen molar-refractivity contribution in [3.63, 3.8) is 0 Å². The predicted octanol–water partition coefficient (Wildman–Crippen LogP) is 9.21. The molecule has 0 unspecified atom stereocenters. The molecule has 332 valence electrons. The molecule has 1 aliphatic carbocycles. The van der Waals surface area contributed by atoms with Crippen molar-refractivity contribution in [2.75, 3.05) is 49.5 Å². The third-order valence-electron chi connectivity index (χ3n) is 12.8. The van der Waals surface area contributed by atoms with Gasteiger partial charge in [-0.3, -0.25) is 19.8 Å². The number of nitrogens with zero attached hydrogens (tertiary/aromatic N) is 4. The van der Waals surface area contributed by atoms with E-state index in [1.165, 1.54) is 35.0 Å². The summed E-state index contributed by atoms with van der Waals surface area (Å²) >= 11 is 6.24. The van der Waals surface area contributed by atoms with Gasteiger partial charge in [0, 0.05) is 73.7 Å². The van der Waals surface area contributed by atoms with E-state index in [4.69, 9.17) is 16.3 Å². The lowest BCUT2D eigenvalue weighted by molar-refractivity contribution is -0.384. The van der Waals surface area contributed by atoms with E-state index in [-0.39, 0.29) is 28.3 Å². The minimum absolute atomic E-state index is 0.0423. The maximum Gasteiger partial charge on any atom is 0.293 e. The molecular weight excluding hydrogens is 858 g/mol. The molecule has 0 radical (unpaired) electrons. The van der Waals surface area contributed by atoms with Crippen LogP contribution in [0.1, 0.15) is 61.9 Å². The fourth-order valence-corrected chi connectivity index (χ4v) is 12.4. The Bertz CT molecular complexity index is 2650. The molecule has 0 spiro atoms. The Morgan fingerprint density at radius 1 is 1.05 bits per heavy atom. The van der Waals surface area contributed by atoms with Crippen LogP contribution in [0, 0.1) is 21.4 Å². The van der Waals surface area contributed by atoms with Gasteiger partial charge in [-0.25, -0.2) is 18.1 Å².